The molecule has 2 rings (SSSR count). The first-order chi connectivity index (χ1) is 7.90. The number of rotatable bonds is 5. The molecule has 0 spiro atoms. The Morgan fingerprint density at radius 3 is 2.69 bits per heavy atom. The van der Waals surface area contributed by atoms with E-state index in [1.165, 1.54) is 31.4 Å². The zero-order chi connectivity index (χ0) is 11.2. The highest BCUT2D eigenvalue weighted by atomic mass is 32.2. The van der Waals surface area contributed by atoms with E-state index in [-0.39, 0.29) is 6.29 Å². The normalized spacial score (nSPS) is 32.1. The van der Waals surface area contributed by atoms with Gasteiger partial charge in [-0.25, -0.2) is 0 Å². The number of hydrogen-bond donors (Lipinski definition) is 1. The Morgan fingerprint density at radius 2 is 1.94 bits per heavy atom. The predicted octanol–water partition coefficient (Wildman–Crippen LogP) is 2.01. The summed E-state index contributed by atoms with van der Waals surface area (Å²) in [5.74, 6) is 1.22. The minimum Gasteiger partial charge on any atom is -0.349 e. The smallest absolute Gasteiger partial charge is 0.170 e. The van der Waals surface area contributed by atoms with Crippen LogP contribution in [-0.2, 0) is 9.47 Å². The summed E-state index contributed by atoms with van der Waals surface area (Å²) >= 11 is 2.10. The molecule has 1 saturated carbocycles. The summed E-state index contributed by atoms with van der Waals surface area (Å²) in [6.07, 6.45) is 5.43. The van der Waals surface area contributed by atoms with Gasteiger partial charge in [0, 0.05) is 17.8 Å². The maximum Gasteiger partial charge on any atom is 0.170 e. The molecule has 0 amide bonds. The molecule has 94 valence electrons. The SMILES string of the molecule is CCSC1CCCCC1NCC1OCCO1. The Kier molecular flexibility index (Phi) is 5.42. The molecule has 1 aliphatic carbocycles. The highest BCUT2D eigenvalue weighted by molar-refractivity contribution is 7.99. The zero-order valence-corrected chi connectivity index (χ0v) is 10.9. The van der Waals surface area contributed by atoms with Crippen LogP contribution in [0.2, 0.25) is 0 Å². The molecule has 0 radical (unpaired) electrons. The Bertz CT molecular complexity index is 195. The van der Waals surface area contributed by atoms with Crippen LogP contribution in [0, 0.1) is 0 Å². The fourth-order valence-electron chi connectivity index (χ4n) is 2.52. The van der Waals surface area contributed by atoms with Crippen molar-refractivity contribution in [1.82, 2.24) is 5.32 Å². The third kappa shape index (κ3) is 3.62. The van der Waals surface area contributed by atoms with Crippen LogP contribution in [0.15, 0.2) is 0 Å². The first-order valence-corrected chi connectivity index (χ1v) is 7.53. The van der Waals surface area contributed by atoms with E-state index < -0.39 is 0 Å². The number of ether oxygens (including phenoxy) is 2. The van der Waals surface area contributed by atoms with E-state index in [1.54, 1.807) is 0 Å². The fourth-order valence-corrected chi connectivity index (χ4v) is 3.74. The summed E-state index contributed by atoms with van der Waals surface area (Å²) in [6, 6.07) is 0.659. The summed E-state index contributed by atoms with van der Waals surface area (Å²) in [7, 11) is 0. The van der Waals surface area contributed by atoms with Gasteiger partial charge in [0.25, 0.3) is 0 Å². The van der Waals surface area contributed by atoms with Gasteiger partial charge >= 0.3 is 0 Å². The lowest BCUT2D eigenvalue weighted by Gasteiger charge is -2.32. The Balaban J connectivity index is 1.72. The molecular formula is C12H23NO2S. The van der Waals surface area contributed by atoms with Gasteiger partial charge < -0.3 is 14.8 Å². The van der Waals surface area contributed by atoms with E-state index in [9.17, 15) is 0 Å². The third-order valence-electron chi connectivity index (χ3n) is 3.32. The van der Waals surface area contributed by atoms with E-state index in [4.69, 9.17) is 9.47 Å². The van der Waals surface area contributed by atoms with Gasteiger partial charge in [0.05, 0.1) is 13.2 Å². The van der Waals surface area contributed by atoms with Gasteiger partial charge in [-0.1, -0.05) is 19.8 Å². The largest absolute Gasteiger partial charge is 0.349 e. The second-order valence-corrected chi connectivity index (χ2v) is 5.98. The van der Waals surface area contributed by atoms with Gasteiger partial charge in [-0.05, 0) is 18.6 Å². The van der Waals surface area contributed by atoms with Crippen molar-refractivity contribution in [1.29, 1.82) is 0 Å². The van der Waals surface area contributed by atoms with Gasteiger partial charge in [-0.3, -0.25) is 0 Å². The second-order valence-electron chi connectivity index (χ2n) is 4.46. The third-order valence-corrected chi connectivity index (χ3v) is 4.65. The van der Waals surface area contributed by atoms with Crippen molar-refractivity contribution in [3.63, 3.8) is 0 Å². The number of nitrogens with one attached hydrogen (secondary N) is 1. The van der Waals surface area contributed by atoms with Crippen LogP contribution in [0.5, 0.6) is 0 Å². The summed E-state index contributed by atoms with van der Waals surface area (Å²) in [5.41, 5.74) is 0. The van der Waals surface area contributed by atoms with Crippen molar-refractivity contribution in [2.24, 2.45) is 0 Å². The predicted molar refractivity (Wildman–Crippen MR) is 67.9 cm³/mol. The fraction of sp³-hybridized carbons (Fsp3) is 1.00. The minimum absolute atomic E-state index is 0.00537. The average Bonchev–Trinajstić information content (AvgIpc) is 2.81. The highest BCUT2D eigenvalue weighted by Gasteiger charge is 2.26. The molecule has 4 heteroatoms. The van der Waals surface area contributed by atoms with Gasteiger partial charge in [0.2, 0.25) is 0 Å². The van der Waals surface area contributed by atoms with Crippen LogP contribution in [0.25, 0.3) is 0 Å². The minimum atomic E-state index is -0.00537. The summed E-state index contributed by atoms with van der Waals surface area (Å²) < 4.78 is 10.9. The molecule has 16 heavy (non-hydrogen) atoms. The van der Waals surface area contributed by atoms with Gasteiger partial charge in [0.15, 0.2) is 6.29 Å². The molecule has 1 N–H and O–H groups in total. The van der Waals surface area contributed by atoms with E-state index in [0.717, 1.165) is 25.0 Å². The van der Waals surface area contributed by atoms with Crippen LogP contribution in [0.1, 0.15) is 32.6 Å². The first kappa shape index (κ1) is 12.7. The number of hydrogen-bond acceptors (Lipinski definition) is 4. The molecular weight excluding hydrogens is 222 g/mol. The van der Waals surface area contributed by atoms with Crippen LogP contribution in [-0.4, -0.2) is 43.1 Å². The Morgan fingerprint density at radius 1 is 1.19 bits per heavy atom. The summed E-state index contributed by atoms with van der Waals surface area (Å²) in [5, 5.41) is 4.42. The van der Waals surface area contributed by atoms with Gasteiger partial charge in [0.1, 0.15) is 0 Å². The first-order valence-electron chi connectivity index (χ1n) is 6.48. The molecule has 0 aromatic heterocycles. The Labute approximate surface area is 103 Å². The summed E-state index contributed by atoms with van der Waals surface area (Å²) in [4.78, 5) is 0. The van der Waals surface area contributed by atoms with E-state index in [2.05, 4.69) is 24.0 Å². The monoisotopic (exact) mass is 245 g/mol. The van der Waals surface area contributed by atoms with Crippen LogP contribution in [0.4, 0.5) is 0 Å². The highest BCUT2D eigenvalue weighted by Crippen LogP contribution is 2.28. The van der Waals surface area contributed by atoms with Crippen LogP contribution < -0.4 is 5.32 Å². The van der Waals surface area contributed by atoms with Gasteiger partial charge in [-0.15, -0.1) is 0 Å². The standard InChI is InChI=1S/C12H23NO2S/c1-2-16-11-6-4-3-5-10(11)13-9-12-14-7-8-15-12/h10-13H,2-9H2,1H3. The summed E-state index contributed by atoms with van der Waals surface area (Å²) in [6.45, 7) is 4.61. The van der Waals surface area contributed by atoms with Crippen molar-refractivity contribution in [3.05, 3.63) is 0 Å². The lowest BCUT2D eigenvalue weighted by atomic mass is 9.95. The van der Waals surface area contributed by atoms with Gasteiger partial charge in [-0.2, -0.15) is 11.8 Å². The quantitative estimate of drug-likeness (QED) is 0.802. The van der Waals surface area contributed by atoms with E-state index >= 15 is 0 Å². The van der Waals surface area contributed by atoms with Crippen molar-refractivity contribution in [3.8, 4) is 0 Å². The molecule has 0 aromatic carbocycles. The second kappa shape index (κ2) is 6.84. The lowest BCUT2D eigenvalue weighted by molar-refractivity contribution is -0.0410. The maximum absolute atomic E-state index is 5.45. The van der Waals surface area contributed by atoms with Crippen molar-refractivity contribution in [2.75, 3.05) is 25.5 Å². The molecule has 1 heterocycles. The molecule has 2 unspecified atom stereocenters. The molecule has 1 aliphatic heterocycles. The van der Waals surface area contributed by atoms with Crippen molar-refractivity contribution < 1.29 is 9.47 Å². The maximum atomic E-state index is 5.45. The zero-order valence-electron chi connectivity index (χ0n) is 10.1. The molecule has 2 fully saturated rings. The van der Waals surface area contributed by atoms with Crippen LogP contribution in [0.3, 0.4) is 0 Å². The molecule has 2 aliphatic rings. The van der Waals surface area contributed by atoms with Crippen molar-refractivity contribution >= 4 is 11.8 Å². The average molecular weight is 245 g/mol. The molecule has 2 atom stereocenters. The van der Waals surface area contributed by atoms with Crippen LogP contribution >= 0.6 is 11.8 Å². The van der Waals surface area contributed by atoms with E-state index in [0.29, 0.717) is 6.04 Å². The lowest BCUT2D eigenvalue weighted by Crippen LogP contribution is -2.44. The van der Waals surface area contributed by atoms with Crippen molar-refractivity contribution in [2.45, 2.75) is 50.2 Å². The topological polar surface area (TPSA) is 30.5 Å². The van der Waals surface area contributed by atoms with E-state index in [1.807, 2.05) is 0 Å². The molecule has 3 nitrogen and oxygen atoms in total. The molecule has 0 aromatic rings. The molecule has 0 bridgehead atoms. The number of thioether (sulfide) groups is 1. The Hall–Kier alpha value is 0.230. The molecule has 1 saturated heterocycles.